The predicted octanol–water partition coefficient (Wildman–Crippen LogP) is 0.667. The number of hydrogen-bond acceptors (Lipinski definition) is 3. The van der Waals surface area contributed by atoms with Gasteiger partial charge >= 0.3 is 0 Å². The number of nitrogens with two attached hydrogens (primary N) is 2. The van der Waals surface area contributed by atoms with Crippen molar-refractivity contribution in [2.45, 2.75) is 26.3 Å². The Morgan fingerprint density at radius 2 is 1.88 bits per heavy atom. The predicted molar refractivity (Wildman–Crippen MR) is 63.3 cm³/mol. The van der Waals surface area contributed by atoms with Crippen molar-refractivity contribution < 1.29 is 9.53 Å². The Kier molecular flexibility index (Phi) is 3.90. The number of rotatable bonds is 4. The van der Waals surface area contributed by atoms with Crippen LogP contribution in [0, 0.1) is 13.8 Å². The second-order valence-electron chi connectivity index (χ2n) is 3.98. The zero-order chi connectivity index (χ0) is 12.3. The topological polar surface area (TPSA) is 78.3 Å². The molecule has 4 N–H and O–H groups in total. The third-order valence-corrected chi connectivity index (χ3v) is 2.55. The van der Waals surface area contributed by atoms with Crippen LogP contribution in [-0.4, -0.2) is 19.1 Å². The monoisotopic (exact) mass is 222 g/mol. The molecule has 0 radical (unpaired) electrons. The first-order chi connectivity index (χ1) is 7.45. The van der Waals surface area contributed by atoms with Gasteiger partial charge in [-0.15, -0.1) is 0 Å². The van der Waals surface area contributed by atoms with E-state index in [2.05, 4.69) is 0 Å². The van der Waals surface area contributed by atoms with Crippen molar-refractivity contribution in [3.63, 3.8) is 0 Å². The number of aryl methyl sites for hydroxylation is 2. The zero-order valence-corrected chi connectivity index (χ0v) is 9.91. The number of amides is 1. The van der Waals surface area contributed by atoms with Crippen molar-refractivity contribution >= 4 is 5.91 Å². The fourth-order valence-electron chi connectivity index (χ4n) is 1.83. The van der Waals surface area contributed by atoms with E-state index in [0.29, 0.717) is 6.42 Å². The molecule has 0 aromatic heterocycles. The number of methoxy groups -OCH3 is 1. The maximum Gasteiger partial charge on any atom is 0.234 e. The summed E-state index contributed by atoms with van der Waals surface area (Å²) in [5.41, 5.74) is 13.8. The average Bonchev–Trinajstić information content (AvgIpc) is 2.16. The van der Waals surface area contributed by atoms with Crippen LogP contribution in [0.3, 0.4) is 0 Å². The molecule has 88 valence electrons. The molecule has 0 spiro atoms. The molecule has 4 nitrogen and oxygen atoms in total. The van der Waals surface area contributed by atoms with Gasteiger partial charge in [-0.3, -0.25) is 4.79 Å². The second kappa shape index (κ2) is 4.99. The summed E-state index contributed by atoms with van der Waals surface area (Å²) in [5, 5.41) is 0. The smallest absolute Gasteiger partial charge is 0.234 e. The lowest BCUT2D eigenvalue weighted by molar-refractivity contribution is -0.119. The molecule has 1 atom stereocenters. The third-order valence-electron chi connectivity index (χ3n) is 2.55. The number of ether oxygens (including phenoxy) is 1. The molecule has 0 saturated carbocycles. The minimum atomic E-state index is -0.632. The number of benzene rings is 1. The Bertz CT molecular complexity index is 379. The van der Waals surface area contributed by atoms with Gasteiger partial charge in [0.1, 0.15) is 5.75 Å². The van der Waals surface area contributed by atoms with Crippen molar-refractivity contribution in [2.75, 3.05) is 7.11 Å². The standard InChI is InChI=1S/C12H18N2O2/c1-7-4-9(6-10(13)12(14)15)5-8(2)11(7)16-3/h4-5,10H,6,13H2,1-3H3,(H2,14,15). The van der Waals surface area contributed by atoms with E-state index in [9.17, 15) is 4.79 Å². The second-order valence-corrected chi connectivity index (χ2v) is 3.98. The van der Waals surface area contributed by atoms with Crippen LogP contribution in [0.5, 0.6) is 5.75 Å². The molecule has 0 saturated heterocycles. The number of hydrogen-bond donors (Lipinski definition) is 2. The Balaban J connectivity index is 2.96. The van der Waals surface area contributed by atoms with Crippen LogP contribution in [0.15, 0.2) is 12.1 Å². The van der Waals surface area contributed by atoms with E-state index in [0.717, 1.165) is 22.4 Å². The van der Waals surface area contributed by atoms with Crippen molar-refractivity contribution in [1.29, 1.82) is 0 Å². The summed E-state index contributed by atoms with van der Waals surface area (Å²) < 4.78 is 5.26. The van der Waals surface area contributed by atoms with E-state index in [-0.39, 0.29) is 0 Å². The summed E-state index contributed by atoms with van der Waals surface area (Å²) in [6, 6.07) is 3.30. The zero-order valence-electron chi connectivity index (χ0n) is 9.91. The fourth-order valence-corrected chi connectivity index (χ4v) is 1.83. The molecule has 1 rings (SSSR count). The molecular weight excluding hydrogens is 204 g/mol. The normalized spacial score (nSPS) is 12.2. The summed E-state index contributed by atoms with van der Waals surface area (Å²) in [4.78, 5) is 10.9. The van der Waals surface area contributed by atoms with E-state index in [1.165, 1.54) is 0 Å². The first kappa shape index (κ1) is 12.5. The quantitative estimate of drug-likeness (QED) is 0.785. The molecule has 0 aliphatic rings. The molecule has 1 amide bonds. The molecule has 16 heavy (non-hydrogen) atoms. The molecule has 0 fully saturated rings. The largest absolute Gasteiger partial charge is 0.496 e. The Morgan fingerprint density at radius 1 is 1.38 bits per heavy atom. The molecule has 1 unspecified atom stereocenters. The van der Waals surface area contributed by atoms with Gasteiger partial charge in [0.25, 0.3) is 0 Å². The minimum absolute atomic E-state index is 0.459. The molecule has 0 bridgehead atoms. The molecule has 1 aromatic rings. The van der Waals surface area contributed by atoms with E-state index in [4.69, 9.17) is 16.2 Å². The fraction of sp³-hybridized carbons (Fsp3) is 0.417. The van der Waals surface area contributed by atoms with Gasteiger partial charge in [0.05, 0.1) is 13.2 Å². The Labute approximate surface area is 95.6 Å². The molecule has 0 aliphatic carbocycles. The lowest BCUT2D eigenvalue weighted by atomic mass is 10.0. The SMILES string of the molecule is COc1c(C)cc(CC(N)C(N)=O)cc1C. The van der Waals surface area contributed by atoms with Crippen molar-refractivity contribution in [3.8, 4) is 5.75 Å². The van der Waals surface area contributed by atoms with Gasteiger partial charge in [0.15, 0.2) is 0 Å². The van der Waals surface area contributed by atoms with Crippen LogP contribution in [0.2, 0.25) is 0 Å². The molecule has 1 aromatic carbocycles. The average molecular weight is 222 g/mol. The summed E-state index contributed by atoms with van der Waals surface area (Å²) in [6.45, 7) is 3.93. The van der Waals surface area contributed by atoms with Crippen molar-refractivity contribution in [1.82, 2.24) is 0 Å². The Morgan fingerprint density at radius 3 is 2.25 bits per heavy atom. The minimum Gasteiger partial charge on any atom is -0.496 e. The summed E-state index contributed by atoms with van der Waals surface area (Å²) >= 11 is 0. The molecule has 4 heteroatoms. The highest BCUT2D eigenvalue weighted by molar-refractivity contribution is 5.79. The van der Waals surface area contributed by atoms with Crippen LogP contribution in [0.25, 0.3) is 0 Å². The summed E-state index contributed by atoms with van der Waals surface area (Å²) in [7, 11) is 1.64. The van der Waals surface area contributed by atoms with Gasteiger partial charge in [0.2, 0.25) is 5.91 Å². The first-order valence-corrected chi connectivity index (χ1v) is 5.14. The molecule has 0 heterocycles. The van der Waals surface area contributed by atoms with E-state index in [1.54, 1.807) is 7.11 Å². The molecular formula is C12H18N2O2. The van der Waals surface area contributed by atoms with Crippen LogP contribution in [0.1, 0.15) is 16.7 Å². The van der Waals surface area contributed by atoms with E-state index in [1.807, 2.05) is 26.0 Å². The van der Waals surface area contributed by atoms with E-state index >= 15 is 0 Å². The number of primary amides is 1. The van der Waals surface area contributed by atoms with E-state index < -0.39 is 11.9 Å². The van der Waals surface area contributed by atoms with Gasteiger partial charge in [0, 0.05) is 0 Å². The van der Waals surface area contributed by atoms with Gasteiger partial charge in [-0.2, -0.15) is 0 Å². The van der Waals surface area contributed by atoms with Crippen molar-refractivity contribution in [3.05, 3.63) is 28.8 Å². The van der Waals surface area contributed by atoms with Crippen LogP contribution in [0.4, 0.5) is 0 Å². The number of carbonyl (C=O) groups excluding carboxylic acids is 1. The van der Waals surface area contributed by atoms with Crippen LogP contribution in [-0.2, 0) is 11.2 Å². The highest BCUT2D eigenvalue weighted by Crippen LogP contribution is 2.24. The van der Waals surface area contributed by atoms with Gasteiger partial charge in [-0.25, -0.2) is 0 Å². The van der Waals surface area contributed by atoms with Crippen molar-refractivity contribution in [2.24, 2.45) is 11.5 Å². The maximum absolute atomic E-state index is 10.9. The third kappa shape index (κ3) is 2.73. The van der Waals surface area contributed by atoms with Gasteiger partial charge < -0.3 is 16.2 Å². The summed E-state index contributed by atoms with van der Waals surface area (Å²) in [5.74, 6) is 0.391. The van der Waals surface area contributed by atoms with Gasteiger partial charge in [-0.05, 0) is 37.0 Å². The Hall–Kier alpha value is -1.55. The van der Waals surface area contributed by atoms with Gasteiger partial charge in [-0.1, -0.05) is 12.1 Å². The highest BCUT2D eigenvalue weighted by atomic mass is 16.5. The summed E-state index contributed by atoms with van der Waals surface area (Å²) in [6.07, 6.45) is 0.459. The lowest BCUT2D eigenvalue weighted by Crippen LogP contribution is -2.38. The maximum atomic E-state index is 10.9. The molecule has 0 aliphatic heterocycles. The first-order valence-electron chi connectivity index (χ1n) is 5.14. The highest BCUT2D eigenvalue weighted by Gasteiger charge is 2.12. The number of carbonyl (C=O) groups is 1. The van der Waals surface area contributed by atoms with Crippen LogP contribution < -0.4 is 16.2 Å². The lowest BCUT2D eigenvalue weighted by Gasteiger charge is -2.13. The van der Waals surface area contributed by atoms with Crippen LogP contribution >= 0.6 is 0 Å².